The fourth-order valence-electron chi connectivity index (χ4n) is 2.11. The predicted molar refractivity (Wildman–Crippen MR) is 181 cm³/mol. The summed E-state index contributed by atoms with van der Waals surface area (Å²) in [6, 6.07) is 40.4. The number of rotatable bonds is 0. The van der Waals surface area contributed by atoms with Gasteiger partial charge in [-0.1, -0.05) is 12.1 Å². The maximum absolute atomic E-state index is 2.27. The summed E-state index contributed by atoms with van der Waals surface area (Å²) >= 11 is 0. The van der Waals surface area contributed by atoms with E-state index in [9.17, 15) is 0 Å². The summed E-state index contributed by atoms with van der Waals surface area (Å²) in [4.78, 5) is 0. The van der Waals surface area contributed by atoms with Gasteiger partial charge in [-0.05, 0) is 15.8 Å². The van der Waals surface area contributed by atoms with Gasteiger partial charge in [-0.3, -0.25) is 23.8 Å². The van der Waals surface area contributed by atoms with Crippen LogP contribution in [0.25, 0.3) is 0 Å². The molecule has 2 aromatic heterocycles. The average molecular weight is 701 g/mol. The molecule has 4 rings (SSSR count). The van der Waals surface area contributed by atoms with Crippen LogP contribution in [0.15, 0.2) is 145 Å². The van der Waals surface area contributed by atoms with Crippen LogP contribution in [0.2, 0.25) is 0 Å². The van der Waals surface area contributed by atoms with Gasteiger partial charge in [-0.15, -0.1) is 37.0 Å². The van der Waals surface area contributed by atoms with E-state index in [0.717, 1.165) is 0 Å². The van der Waals surface area contributed by atoms with Crippen molar-refractivity contribution in [2.45, 2.75) is 0 Å². The Balaban J connectivity index is -0.000000184. The Morgan fingerprint density at radius 2 is 0.553 bits per heavy atom. The minimum absolute atomic E-state index is 0. The average Bonchev–Trinajstić information content (AvgIpc) is 3.31. The Morgan fingerprint density at radius 1 is 0.368 bits per heavy atom. The van der Waals surface area contributed by atoms with Crippen molar-refractivity contribution >= 4 is 28.5 Å². The van der Waals surface area contributed by atoms with Gasteiger partial charge in [-0.2, -0.15) is 0 Å². The van der Waals surface area contributed by atoms with Crippen LogP contribution >= 0.6 is 15.8 Å². The molecule has 4 aromatic rings. The molecular weight excluding hydrogens is 650 g/mol. The first-order valence-electron chi connectivity index (χ1n) is 12.8. The standard InChI is InChI=1S/2C7H7.2C6H8B.2C3H9P.2Zr/c2*1-2-4-6-7-5-3-1;2*1-7-5-3-2-4-6-7;2*1-4(2)3;;/h2*1-7H;2*2-6H,1H3;2*1-3H3;;/q2*+1;2*-1;;;;/p+2. The van der Waals surface area contributed by atoms with E-state index >= 15 is 0 Å². The summed E-state index contributed by atoms with van der Waals surface area (Å²) in [5.41, 5.74) is 0. The van der Waals surface area contributed by atoms with Gasteiger partial charge in [-0.25, -0.2) is 13.6 Å². The van der Waals surface area contributed by atoms with E-state index in [1.165, 1.54) is 0 Å². The van der Waals surface area contributed by atoms with E-state index in [1.54, 1.807) is 0 Å². The number of hydrogen-bond acceptors (Lipinski definition) is 0. The summed E-state index contributed by atoms with van der Waals surface area (Å²) in [5, 5.41) is 0. The zero-order chi connectivity index (χ0) is 27.3. The summed E-state index contributed by atoms with van der Waals surface area (Å²) in [6.45, 7) is 17.9. The molecule has 0 radical (unpaired) electrons. The molecule has 0 bridgehead atoms. The Bertz CT molecular complexity index is 769. The van der Waals surface area contributed by atoms with Crippen molar-refractivity contribution in [1.82, 2.24) is 0 Å². The second-order valence-electron chi connectivity index (χ2n) is 9.34. The minimum Gasteiger partial charge on any atom is -0.265 e. The minimum atomic E-state index is 0. The third-order valence-electron chi connectivity index (χ3n) is 3.66. The molecule has 2 aromatic carbocycles. The summed E-state index contributed by atoms with van der Waals surface area (Å²) in [5.74, 6) is 8.67. The zero-order valence-corrected chi connectivity index (χ0v) is 31.9. The molecule has 0 atom stereocenters. The van der Waals surface area contributed by atoms with Crippen LogP contribution in [0.4, 0.5) is 0 Å². The molecule has 200 valence electrons. The zero-order valence-electron chi connectivity index (χ0n) is 25.0. The first kappa shape index (κ1) is 44.6. The van der Waals surface area contributed by atoms with Crippen LogP contribution < -0.4 is 0 Å². The number of aryl methyl sites for hydroxylation is 2. The van der Waals surface area contributed by atoms with Crippen LogP contribution in [-0.4, -0.2) is 52.7 Å². The van der Waals surface area contributed by atoms with Crippen molar-refractivity contribution in [3.05, 3.63) is 145 Å². The third-order valence-corrected chi connectivity index (χ3v) is 3.66. The molecule has 0 unspecified atom stereocenters. The van der Waals surface area contributed by atoms with Crippen molar-refractivity contribution in [3.63, 3.8) is 0 Å². The van der Waals surface area contributed by atoms with Crippen LogP contribution in [-0.2, 0) is 66.1 Å². The maximum Gasteiger partial charge on any atom is 0.0467 e. The molecule has 0 aliphatic heterocycles. The predicted octanol–water partition coefficient (Wildman–Crippen LogP) is 8.61. The molecule has 0 aliphatic rings. The van der Waals surface area contributed by atoms with Crippen molar-refractivity contribution in [2.75, 3.05) is 40.0 Å². The molecule has 0 saturated heterocycles. The van der Waals surface area contributed by atoms with Crippen LogP contribution in [0, 0.1) is 0 Å². The molecule has 38 heavy (non-hydrogen) atoms. The van der Waals surface area contributed by atoms with E-state index in [1.807, 2.05) is 97.1 Å². The van der Waals surface area contributed by atoms with E-state index in [4.69, 9.17) is 0 Å². The molecule has 0 nitrogen and oxygen atoms in total. The fourth-order valence-corrected chi connectivity index (χ4v) is 2.11. The maximum atomic E-state index is 2.27. The second kappa shape index (κ2) is 36.6. The van der Waals surface area contributed by atoms with Gasteiger partial charge in [0.05, 0.1) is 0 Å². The Morgan fingerprint density at radius 3 is 0.711 bits per heavy atom. The quantitative estimate of drug-likeness (QED) is 0.127. The Labute approximate surface area is 277 Å². The molecular formula is C32H50B2P2Zr2+2. The Hall–Kier alpha value is -0.364. The van der Waals surface area contributed by atoms with E-state index in [-0.39, 0.29) is 68.3 Å². The van der Waals surface area contributed by atoms with Gasteiger partial charge in [0.25, 0.3) is 0 Å². The first-order chi connectivity index (χ1) is 17.3. The molecule has 0 spiro atoms. The molecule has 0 amide bonds. The van der Waals surface area contributed by atoms with Gasteiger partial charge in [0, 0.05) is 177 Å². The monoisotopic (exact) mass is 698 g/mol. The van der Waals surface area contributed by atoms with Crippen molar-refractivity contribution in [3.8, 4) is 0 Å². The molecule has 0 saturated carbocycles. The SMILES string of the molecule is C[PH+](C)C.C[PH+](C)C.C[b-]1ccccc1.C[b-]1ccccc1.[Zr].[Zr].c1ccc[cH+]cc1.c1ccc[cH+]cc1. The van der Waals surface area contributed by atoms with E-state index in [0.29, 0.717) is 12.7 Å². The van der Waals surface area contributed by atoms with Crippen molar-refractivity contribution < 1.29 is 52.4 Å². The molecule has 6 heteroatoms. The summed E-state index contributed by atoms with van der Waals surface area (Å²) in [7, 11) is 0.241. The van der Waals surface area contributed by atoms with E-state index in [2.05, 4.69) is 102 Å². The summed E-state index contributed by atoms with van der Waals surface area (Å²) in [6.07, 6.45) is 1.29. The molecule has 0 N–H and O–H groups in total. The fraction of sp³-hybridized carbons (Fsp3) is 0.250. The molecule has 0 fully saturated rings. The topological polar surface area (TPSA) is 0 Å². The van der Waals surface area contributed by atoms with Gasteiger partial charge >= 0.3 is 0 Å². The van der Waals surface area contributed by atoms with Crippen LogP contribution in [0.3, 0.4) is 0 Å². The third kappa shape index (κ3) is 48.7. The number of hydrogen-bond donors (Lipinski definition) is 0. The van der Waals surface area contributed by atoms with Gasteiger partial charge in [0.15, 0.2) is 0 Å². The molecule has 0 aliphatic carbocycles. The van der Waals surface area contributed by atoms with Gasteiger partial charge in [0.2, 0.25) is 0 Å². The van der Waals surface area contributed by atoms with Crippen LogP contribution in [0.5, 0.6) is 0 Å². The van der Waals surface area contributed by atoms with Gasteiger partial charge < -0.3 is 0 Å². The first-order valence-corrected chi connectivity index (χ1v) is 18.8. The second-order valence-corrected chi connectivity index (χ2v) is 15.3. The largest absolute Gasteiger partial charge is 0.265 e. The smallest absolute Gasteiger partial charge is 0.0467 e. The Kier molecular flexibility index (Phi) is 43.0. The van der Waals surface area contributed by atoms with Crippen molar-refractivity contribution in [2.24, 2.45) is 13.6 Å². The van der Waals surface area contributed by atoms with E-state index < -0.39 is 0 Å². The summed E-state index contributed by atoms with van der Waals surface area (Å²) < 4.78 is 0. The van der Waals surface area contributed by atoms with Crippen molar-refractivity contribution in [1.29, 1.82) is 0 Å². The van der Waals surface area contributed by atoms with Crippen LogP contribution in [0.1, 0.15) is 0 Å². The molecule has 2 heterocycles. The normalized spacial score (nSPS) is 8.05. The van der Waals surface area contributed by atoms with Gasteiger partial charge in [0.1, 0.15) is 0 Å².